The molecule has 6 heteroatoms. The van der Waals surface area contributed by atoms with E-state index in [1.807, 2.05) is 70.6 Å². The molecule has 1 aliphatic rings. The van der Waals surface area contributed by atoms with E-state index in [1.165, 1.54) is 11.1 Å². The minimum Gasteiger partial charge on any atom is -0.489 e. The third kappa shape index (κ3) is 6.75. The molecule has 1 aliphatic carbocycles. The third-order valence-electron chi connectivity index (χ3n) is 8.43. The number of benzene rings is 3. The van der Waals surface area contributed by atoms with Crippen LogP contribution in [0.2, 0.25) is 0 Å². The summed E-state index contributed by atoms with van der Waals surface area (Å²) in [7, 11) is 0. The normalized spacial score (nSPS) is 14.3. The maximum Gasteiger partial charge on any atom is 0.234 e. The maximum atomic E-state index is 14.5. The first-order valence-electron chi connectivity index (χ1n) is 15.6. The van der Waals surface area contributed by atoms with Gasteiger partial charge in [-0.25, -0.2) is 0 Å². The molecule has 0 bridgehead atoms. The van der Waals surface area contributed by atoms with Gasteiger partial charge in [0.05, 0.1) is 37.1 Å². The van der Waals surface area contributed by atoms with Gasteiger partial charge in [0.1, 0.15) is 12.4 Å². The Labute approximate surface area is 260 Å². The van der Waals surface area contributed by atoms with Gasteiger partial charge in [0.25, 0.3) is 0 Å². The van der Waals surface area contributed by atoms with Gasteiger partial charge in [0.15, 0.2) is 0 Å². The van der Waals surface area contributed by atoms with Crippen LogP contribution in [0.1, 0.15) is 77.6 Å². The summed E-state index contributed by atoms with van der Waals surface area (Å²) in [6.07, 6.45) is 8.39. The van der Waals surface area contributed by atoms with Crippen LogP contribution in [0.15, 0.2) is 104 Å². The van der Waals surface area contributed by atoms with Crippen LogP contribution in [0.4, 0.5) is 5.69 Å². The van der Waals surface area contributed by atoms with Crippen LogP contribution in [-0.2, 0) is 30.9 Å². The molecule has 3 aromatic carbocycles. The smallest absolute Gasteiger partial charge is 0.234 e. The van der Waals surface area contributed by atoms with Crippen molar-refractivity contribution in [2.24, 2.45) is 0 Å². The molecule has 0 spiro atoms. The lowest BCUT2D eigenvalue weighted by Crippen LogP contribution is -2.36. The van der Waals surface area contributed by atoms with Crippen molar-refractivity contribution in [2.45, 2.75) is 71.6 Å². The molecule has 0 aliphatic heterocycles. The second-order valence-corrected chi connectivity index (χ2v) is 12.1. The van der Waals surface area contributed by atoms with E-state index < -0.39 is 0 Å². The average Bonchev–Trinajstić information content (AvgIpc) is 3.50. The molecule has 44 heavy (non-hydrogen) atoms. The van der Waals surface area contributed by atoms with Gasteiger partial charge in [-0.15, -0.1) is 0 Å². The third-order valence-corrected chi connectivity index (χ3v) is 8.43. The lowest BCUT2D eigenvalue weighted by Gasteiger charge is -2.31. The molecule has 0 fully saturated rings. The van der Waals surface area contributed by atoms with Crippen LogP contribution in [-0.4, -0.2) is 20.7 Å². The van der Waals surface area contributed by atoms with Crippen molar-refractivity contribution in [1.29, 1.82) is 0 Å². The van der Waals surface area contributed by atoms with Crippen LogP contribution in [0, 0.1) is 6.92 Å². The summed E-state index contributed by atoms with van der Waals surface area (Å²) >= 11 is 0. The first-order chi connectivity index (χ1) is 21.4. The standard InChI is InChI=1S/C38H40N4O2/c1-27(2)36-20-19-32(22-39-36)42(25-31-21-40-41(24-31)23-29-17-15-28(3)16-18-29)38(43)35-13-7-12-34-33(35)11-8-14-37(34)44-26-30-9-5-4-6-10-30/h4-6,8-11,14-22,24,27,35H,7,12-13,23,25-26H2,1-3H3. The summed E-state index contributed by atoms with van der Waals surface area (Å²) in [5.74, 6) is 1.01. The molecule has 0 radical (unpaired) electrons. The van der Waals surface area contributed by atoms with Crippen molar-refractivity contribution in [3.8, 4) is 5.75 Å². The second kappa shape index (κ2) is 13.3. The van der Waals surface area contributed by atoms with E-state index in [-0.39, 0.29) is 11.8 Å². The Morgan fingerprint density at radius 2 is 1.75 bits per heavy atom. The highest BCUT2D eigenvalue weighted by Crippen LogP contribution is 2.39. The number of fused-ring (bicyclic) bond motifs is 1. The number of anilines is 1. The number of ether oxygens (including phenoxy) is 1. The highest BCUT2D eigenvalue weighted by atomic mass is 16.5. The molecule has 224 valence electrons. The van der Waals surface area contributed by atoms with Crippen molar-refractivity contribution in [1.82, 2.24) is 14.8 Å². The maximum absolute atomic E-state index is 14.5. The number of carbonyl (C=O) groups excluding carboxylic acids is 1. The van der Waals surface area contributed by atoms with Gasteiger partial charge in [0.2, 0.25) is 5.91 Å². The fraction of sp³-hybridized carbons (Fsp3) is 0.289. The second-order valence-electron chi connectivity index (χ2n) is 12.1. The largest absolute Gasteiger partial charge is 0.489 e. The average molecular weight is 585 g/mol. The molecule has 1 amide bonds. The Morgan fingerprint density at radius 1 is 0.932 bits per heavy atom. The lowest BCUT2D eigenvalue weighted by molar-refractivity contribution is -0.120. The summed E-state index contributed by atoms with van der Waals surface area (Å²) in [4.78, 5) is 21.1. The predicted octanol–water partition coefficient (Wildman–Crippen LogP) is 7.99. The predicted molar refractivity (Wildman–Crippen MR) is 175 cm³/mol. The van der Waals surface area contributed by atoms with Gasteiger partial charge in [-0.3, -0.25) is 14.5 Å². The molecular weight excluding hydrogens is 544 g/mol. The fourth-order valence-corrected chi connectivity index (χ4v) is 5.96. The van der Waals surface area contributed by atoms with Gasteiger partial charge < -0.3 is 9.64 Å². The van der Waals surface area contributed by atoms with Crippen molar-refractivity contribution in [2.75, 3.05) is 4.90 Å². The lowest BCUT2D eigenvalue weighted by atomic mass is 9.81. The molecule has 2 heterocycles. The quantitative estimate of drug-likeness (QED) is 0.167. The molecule has 0 N–H and O–H groups in total. The van der Waals surface area contributed by atoms with Gasteiger partial charge in [0, 0.05) is 17.5 Å². The molecule has 6 rings (SSSR count). The zero-order valence-corrected chi connectivity index (χ0v) is 25.8. The van der Waals surface area contributed by atoms with Crippen molar-refractivity contribution in [3.05, 3.63) is 143 Å². The number of hydrogen-bond acceptors (Lipinski definition) is 4. The first kappa shape index (κ1) is 29.4. The minimum absolute atomic E-state index is 0.0801. The Balaban J connectivity index is 1.27. The van der Waals surface area contributed by atoms with Gasteiger partial charge in [-0.2, -0.15) is 5.10 Å². The monoisotopic (exact) mass is 584 g/mol. The Bertz CT molecular complexity index is 1690. The summed E-state index contributed by atoms with van der Waals surface area (Å²) < 4.78 is 8.25. The van der Waals surface area contributed by atoms with Crippen LogP contribution in [0.25, 0.3) is 0 Å². The Kier molecular flexibility index (Phi) is 8.87. The molecule has 0 saturated carbocycles. The minimum atomic E-state index is -0.258. The van der Waals surface area contributed by atoms with Crippen molar-refractivity contribution < 1.29 is 9.53 Å². The summed E-state index contributed by atoms with van der Waals surface area (Å²) in [5, 5.41) is 4.63. The van der Waals surface area contributed by atoms with Crippen LogP contribution in [0.3, 0.4) is 0 Å². The first-order valence-corrected chi connectivity index (χ1v) is 15.6. The van der Waals surface area contributed by atoms with E-state index in [0.717, 1.165) is 58.6 Å². The van der Waals surface area contributed by atoms with Gasteiger partial charge in [-0.05, 0) is 72.6 Å². The topological polar surface area (TPSA) is 60.2 Å². The summed E-state index contributed by atoms with van der Waals surface area (Å²) in [5.41, 5.74) is 8.56. The fourth-order valence-electron chi connectivity index (χ4n) is 5.96. The highest BCUT2D eigenvalue weighted by Gasteiger charge is 2.32. The molecule has 6 nitrogen and oxygen atoms in total. The molecule has 1 atom stereocenters. The van der Waals surface area contributed by atoms with Gasteiger partial charge >= 0.3 is 0 Å². The molecule has 2 aromatic heterocycles. The number of aryl methyl sites for hydroxylation is 1. The van der Waals surface area contributed by atoms with Crippen molar-refractivity contribution >= 4 is 11.6 Å². The van der Waals surface area contributed by atoms with Crippen LogP contribution in [0.5, 0.6) is 5.75 Å². The number of carbonyl (C=O) groups is 1. The summed E-state index contributed by atoms with van der Waals surface area (Å²) in [6.45, 7) is 7.95. The number of rotatable bonds is 10. The Hall–Kier alpha value is -4.71. The Morgan fingerprint density at radius 3 is 2.50 bits per heavy atom. The van der Waals surface area contributed by atoms with E-state index in [1.54, 1.807) is 0 Å². The molecular formula is C38H40N4O2. The number of hydrogen-bond donors (Lipinski definition) is 0. The van der Waals surface area contributed by atoms with Crippen LogP contribution >= 0.6 is 0 Å². The zero-order valence-electron chi connectivity index (χ0n) is 25.8. The van der Waals surface area contributed by atoms with E-state index in [0.29, 0.717) is 25.6 Å². The zero-order chi connectivity index (χ0) is 30.5. The molecule has 0 saturated heterocycles. The van der Waals surface area contributed by atoms with E-state index in [9.17, 15) is 4.79 Å². The van der Waals surface area contributed by atoms with E-state index in [2.05, 4.69) is 68.3 Å². The highest BCUT2D eigenvalue weighted by molar-refractivity contribution is 5.98. The number of pyridine rings is 1. The number of nitrogens with zero attached hydrogens (tertiary/aromatic N) is 4. The molecule has 5 aromatic rings. The van der Waals surface area contributed by atoms with Crippen LogP contribution < -0.4 is 9.64 Å². The van der Waals surface area contributed by atoms with Gasteiger partial charge in [-0.1, -0.05) is 86.1 Å². The summed E-state index contributed by atoms with van der Waals surface area (Å²) in [6, 6.07) is 28.9. The number of aromatic nitrogens is 3. The van der Waals surface area contributed by atoms with Crippen molar-refractivity contribution in [3.63, 3.8) is 0 Å². The SMILES string of the molecule is Cc1ccc(Cn2cc(CN(C(=O)C3CCCc4c(OCc5ccccc5)cccc43)c3ccc(C(C)C)nc3)cn2)cc1. The van der Waals surface area contributed by atoms with E-state index in [4.69, 9.17) is 9.72 Å². The van der Waals surface area contributed by atoms with E-state index >= 15 is 0 Å². The number of amides is 1. The molecule has 1 unspecified atom stereocenters.